The molecular formula is C14H15ClFN5O4S. The Bertz CT molecular complexity index is 935. The summed E-state index contributed by atoms with van der Waals surface area (Å²) in [7, 11) is -3.86. The first kappa shape index (κ1) is 18.5. The molecule has 0 bridgehead atoms. The first-order chi connectivity index (χ1) is 12.3. The van der Waals surface area contributed by atoms with Crippen molar-refractivity contribution in [2.45, 2.75) is 11.3 Å². The predicted octanol–water partition coefficient (Wildman–Crippen LogP) is 0.981. The van der Waals surface area contributed by atoms with Gasteiger partial charge < -0.3 is 10.6 Å². The van der Waals surface area contributed by atoms with E-state index in [4.69, 9.17) is 17.3 Å². The standard InChI is InChI=1S/C14H15ClFN5O4S/c15-10-8-9(2-3-11(10)16)26(23,24)21-5-1-4-20(6-7-21)14(22)12-13(17)19-25-18-12/h2-3,8H,1,4-7H2,(H2,17,19). The number of amides is 1. The Kier molecular flexibility index (Phi) is 5.12. The maximum Gasteiger partial charge on any atom is 0.280 e. The van der Waals surface area contributed by atoms with E-state index in [0.29, 0.717) is 13.0 Å². The number of rotatable bonds is 3. The van der Waals surface area contributed by atoms with Gasteiger partial charge in [-0.25, -0.2) is 17.4 Å². The van der Waals surface area contributed by atoms with Crippen molar-refractivity contribution in [1.29, 1.82) is 0 Å². The smallest absolute Gasteiger partial charge is 0.280 e. The molecule has 1 aliphatic rings. The van der Waals surface area contributed by atoms with E-state index in [0.717, 1.165) is 18.2 Å². The minimum atomic E-state index is -3.86. The minimum Gasteiger partial charge on any atom is -0.379 e. The summed E-state index contributed by atoms with van der Waals surface area (Å²) in [6.45, 7) is 0.725. The average molecular weight is 404 g/mol. The number of benzene rings is 1. The van der Waals surface area contributed by atoms with E-state index in [1.54, 1.807) is 0 Å². The average Bonchev–Trinajstić information content (AvgIpc) is 2.88. The van der Waals surface area contributed by atoms with Crippen LogP contribution in [0.25, 0.3) is 0 Å². The second-order valence-corrected chi connectivity index (χ2v) is 7.97. The highest BCUT2D eigenvalue weighted by Crippen LogP contribution is 2.23. The van der Waals surface area contributed by atoms with Crippen LogP contribution in [0, 0.1) is 5.82 Å². The number of carbonyl (C=O) groups is 1. The van der Waals surface area contributed by atoms with E-state index in [1.165, 1.54) is 9.21 Å². The Morgan fingerprint density at radius 1 is 1.23 bits per heavy atom. The molecule has 1 amide bonds. The Hall–Kier alpha value is -2.24. The molecule has 26 heavy (non-hydrogen) atoms. The van der Waals surface area contributed by atoms with Gasteiger partial charge in [0.15, 0.2) is 0 Å². The third-order valence-electron chi connectivity index (χ3n) is 3.99. The van der Waals surface area contributed by atoms with Crippen molar-refractivity contribution in [2.75, 3.05) is 31.9 Å². The molecule has 1 saturated heterocycles. The van der Waals surface area contributed by atoms with Crippen LogP contribution in [0.15, 0.2) is 27.7 Å². The molecular weight excluding hydrogens is 389 g/mol. The molecule has 0 atom stereocenters. The van der Waals surface area contributed by atoms with Gasteiger partial charge in [-0.1, -0.05) is 11.6 Å². The molecule has 12 heteroatoms. The van der Waals surface area contributed by atoms with Crippen LogP contribution < -0.4 is 5.73 Å². The van der Waals surface area contributed by atoms with Crippen LogP contribution >= 0.6 is 11.6 Å². The lowest BCUT2D eigenvalue weighted by atomic mass is 10.3. The zero-order valence-corrected chi connectivity index (χ0v) is 15.0. The molecule has 9 nitrogen and oxygen atoms in total. The van der Waals surface area contributed by atoms with Gasteiger partial charge in [-0.05, 0) is 34.9 Å². The summed E-state index contributed by atoms with van der Waals surface area (Å²) >= 11 is 5.68. The zero-order chi connectivity index (χ0) is 18.9. The number of halogens is 2. The highest BCUT2D eigenvalue weighted by atomic mass is 35.5. The number of nitrogens with zero attached hydrogens (tertiary/aromatic N) is 4. The maximum absolute atomic E-state index is 13.3. The highest BCUT2D eigenvalue weighted by Gasteiger charge is 2.30. The molecule has 2 heterocycles. The summed E-state index contributed by atoms with van der Waals surface area (Å²) in [6.07, 6.45) is 0.408. The number of hydrogen-bond acceptors (Lipinski definition) is 7. The van der Waals surface area contributed by atoms with E-state index in [9.17, 15) is 17.6 Å². The molecule has 0 saturated carbocycles. The molecule has 1 aromatic carbocycles. The van der Waals surface area contributed by atoms with Gasteiger partial charge >= 0.3 is 0 Å². The zero-order valence-electron chi connectivity index (χ0n) is 13.4. The number of sulfonamides is 1. The van der Waals surface area contributed by atoms with Crippen LogP contribution in [0.1, 0.15) is 16.9 Å². The summed E-state index contributed by atoms with van der Waals surface area (Å²) in [6, 6.07) is 3.23. The molecule has 1 fully saturated rings. The van der Waals surface area contributed by atoms with Crippen molar-refractivity contribution in [3.63, 3.8) is 0 Å². The fraction of sp³-hybridized carbons (Fsp3) is 0.357. The Morgan fingerprint density at radius 3 is 2.65 bits per heavy atom. The van der Waals surface area contributed by atoms with Crippen LogP contribution in [0.5, 0.6) is 0 Å². The predicted molar refractivity (Wildman–Crippen MR) is 89.4 cm³/mol. The van der Waals surface area contributed by atoms with Crippen LogP contribution in [0.2, 0.25) is 5.02 Å². The number of carbonyl (C=O) groups excluding carboxylic acids is 1. The van der Waals surface area contributed by atoms with Crippen molar-refractivity contribution < 1.29 is 22.2 Å². The van der Waals surface area contributed by atoms with Gasteiger partial charge in [0.25, 0.3) is 5.91 Å². The lowest BCUT2D eigenvalue weighted by molar-refractivity contribution is 0.0754. The summed E-state index contributed by atoms with van der Waals surface area (Å²) in [5.41, 5.74) is 5.42. The van der Waals surface area contributed by atoms with Crippen molar-refractivity contribution in [3.8, 4) is 0 Å². The molecule has 2 N–H and O–H groups in total. The van der Waals surface area contributed by atoms with Crippen molar-refractivity contribution in [2.24, 2.45) is 0 Å². The SMILES string of the molecule is Nc1nonc1C(=O)N1CCCN(S(=O)(=O)c2ccc(F)c(Cl)c2)CC1. The Labute approximate surface area is 153 Å². The second-order valence-electron chi connectivity index (χ2n) is 5.62. The van der Waals surface area contributed by atoms with Crippen molar-refractivity contribution >= 4 is 33.3 Å². The normalized spacial score (nSPS) is 16.5. The molecule has 1 aliphatic heterocycles. The van der Waals surface area contributed by atoms with E-state index in [1.807, 2.05) is 0 Å². The van der Waals surface area contributed by atoms with Crippen LogP contribution in [0.4, 0.5) is 10.2 Å². The van der Waals surface area contributed by atoms with E-state index >= 15 is 0 Å². The fourth-order valence-electron chi connectivity index (χ4n) is 2.62. The first-order valence-electron chi connectivity index (χ1n) is 7.63. The van der Waals surface area contributed by atoms with Gasteiger partial charge in [-0.3, -0.25) is 4.79 Å². The van der Waals surface area contributed by atoms with Gasteiger partial charge in [0.05, 0.1) is 9.92 Å². The van der Waals surface area contributed by atoms with Crippen molar-refractivity contribution in [1.82, 2.24) is 19.5 Å². The molecule has 0 spiro atoms. The molecule has 0 unspecified atom stereocenters. The quantitative estimate of drug-likeness (QED) is 0.810. The van der Waals surface area contributed by atoms with Gasteiger partial charge in [0.2, 0.25) is 21.5 Å². The molecule has 0 aliphatic carbocycles. The van der Waals surface area contributed by atoms with Crippen LogP contribution in [0.3, 0.4) is 0 Å². The molecule has 3 rings (SSSR count). The minimum absolute atomic E-state index is 0.0637. The number of anilines is 1. The lowest BCUT2D eigenvalue weighted by Gasteiger charge is -2.21. The maximum atomic E-state index is 13.3. The van der Waals surface area contributed by atoms with Gasteiger partial charge in [-0.15, -0.1) is 0 Å². The number of nitrogens with two attached hydrogens (primary N) is 1. The summed E-state index contributed by atoms with van der Waals surface area (Å²) in [5.74, 6) is -1.30. The van der Waals surface area contributed by atoms with Gasteiger partial charge in [0.1, 0.15) is 5.82 Å². The van der Waals surface area contributed by atoms with Crippen LogP contribution in [-0.4, -0.2) is 60.0 Å². The largest absolute Gasteiger partial charge is 0.379 e. The van der Waals surface area contributed by atoms with E-state index in [-0.39, 0.29) is 41.1 Å². The monoisotopic (exact) mass is 403 g/mol. The van der Waals surface area contributed by atoms with E-state index in [2.05, 4.69) is 14.9 Å². The third kappa shape index (κ3) is 3.50. The third-order valence-corrected chi connectivity index (χ3v) is 6.17. The molecule has 2 aromatic rings. The number of nitrogen functional groups attached to an aromatic ring is 1. The summed E-state index contributed by atoms with van der Waals surface area (Å²) < 4.78 is 44.4. The lowest BCUT2D eigenvalue weighted by Crippen LogP contribution is -2.37. The highest BCUT2D eigenvalue weighted by molar-refractivity contribution is 7.89. The Morgan fingerprint density at radius 2 is 2.00 bits per heavy atom. The first-order valence-corrected chi connectivity index (χ1v) is 9.45. The summed E-state index contributed by atoms with van der Waals surface area (Å²) in [5, 5.41) is 6.56. The van der Waals surface area contributed by atoms with Crippen LogP contribution in [-0.2, 0) is 10.0 Å². The van der Waals surface area contributed by atoms with Gasteiger partial charge in [0, 0.05) is 26.2 Å². The molecule has 1 aromatic heterocycles. The molecule has 0 radical (unpaired) electrons. The number of aromatic nitrogens is 2. The Balaban J connectivity index is 1.76. The number of hydrogen-bond donors (Lipinski definition) is 1. The molecule has 140 valence electrons. The van der Waals surface area contributed by atoms with E-state index < -0.39 is 21.7 Å². The fourth-order valence-corrected chi connectivity index (χ4v) is 4.36. The van der Waals surface area contributed by atoms with Gasteiger partial charge in [-0.2, -0.15) is 4.31 Å². The topological polar surface area (TPSA) is 123 Å². The second kappa shape index (κ2) is 7.17. The summed E-state index contributed by atoms with van der Waals surface area (Å²) in [4.78, 5) is 13.7. The van der Waals surface area contributed by atoms with Crippen molar-refractivity contribution in [3.05, 3.63) is 34.7 Å².